The molecule has 2 aliphatic rings. The Bertz CT molecular complexity index is 487. The van der Waals surface area contributed by atoms with E-state index in [2.05, 4.69) is 35.2 Å². The summed E-state index contributed by atoms with van der Waals surface area (Å²) >= 11 is 5.26. The zero-order valence-corrected chi connectivity index (χ0v) is 16.5. The molecule has 2 rings (SSSR count). The summed E-state index contributed by atoms with van der Waals surface area (Å²) in [6.07, 6.45) is 12.4. The van der Waals surface area contributed by atoms with Gasteiger partial charge in [-0.25, -0.2) is 5.43 Å². The highest BCUT2D eigenvalue weighted by Gasteiger charge is 2.47. The Morgan fingerprint density at radius 2 is 2.00 bits per heavy atom. The Labute approximate surface area is 162 Å². The second-order valence-corrected chi connectivity index (χ2v) is 7.63. The smallest absolute Gasteiger partial charge is 0.303 e. The molecular weight excluding hydrogens is 350 g/mol. The van der Waals surface area contributed by atoms with Crippen molar-refractivity contribution >= 4 is 23.3 Å². The SMILES string of the molecule is CCCCNC(=S)NNC[C@@H]1[C@@H](CC=CCCCC(=O)O)[C@H]2CC[C@@H]1O2. The van der Waals surface area contributed by atoms with Crippen LogP contribution in [0.2, 0.25) is 0 Å². The molecule has 2 heterocycles. The van der Waals surface area contributed by atoms with Gasteiger partial charge >= 0.3 is 5.97 Å². The van der Waals surface area contributed by atoms with Crippen LogP contribution in [0, 0.1) is 11.8 Å². The van der Waals surface area contributed by atoms with Crippen LogP contribution < -0.4 is 16.2 Å². The Kier molecular flexibility index (Phi) is 9.36. The van der Waals surface area contributed by atoms with Crippen molar-refractivity contribution in [2.24, 2.45) is 11.8 Å². The van der Waals surface area contributed by atoms with E-state index in [1.165, 1.54) is 0 Å². The minimum absolute atomic E-state index is 0.242. The predicted molar refractivity (Wildman–Crippen MR) is 107 cm³/mol. The Hall–Kier alpha value is -1.18. The first-order valence-electron chi connectivity index (χ1n) is 9.90. The lowest BCUT2D eigenvalue weighted by Crippen LogP contribution is -2.48. The van der Waals surface area contributed by atoms with Crippen molar-refractivity contribution in [1.82, 2.24) is 16.2 Å². The molecule has 0 aliphatic carbocycles. The number of allylic oxidation sites excluding steroid dienone is 2. The Morgan fingerprint density at radius 1 is 1.23 bits per heavy atom. The molecule has 0 spiro atoms. The fourth-order valence-corrected chi connectivity index (χ4v) is 4.07. The van der Waals surface area contributed by atoms with Gasteiger partial charge in [-0.05, 0) is 56.7 Å². The third-order valence-electron chi connectivity index (χ3n) is 5.28. The minimum atomic E-state index is -0.722. The van der Waals surface area contributed by atoms with E-state index < -0.39 is 5.97 Å². The highest BCUT2D eigenvalue weighted by Crippen LogP contribution is 2.44. The van der Waals surface area contributed by atoms with Crippen LogP contribution in [0.1, 0.15) is 58.3 Å². The molecule has 2 saturated heterocycles. The van der Waals surface area contributed by atoms with Gasteiger partial charge in [-0.1, -0.05) is 25.5 Å². The molecule has 148 valence electrons. The number of carbonyl (C=O) groups is 1. The van der Waals surface area contributed by atoms with Crippen LogP contribution in [0.3, 0.4) is 0 Å². The quantitative estimate of drug-likeness (QED) is 0.178. The number of fused-ring (bicyclic) bond motifs is 2. The van der Waals surface area contributed by atoms with Crippen LogP contribution in [0.15, 0.2) is 12.2 Å². The Balaban J connectivity index is 1.68. The van der Waals surface area contributed by atoms with Crippen molar-refractivity contribution in [3.63, 3.8) is 0 Å². The number of hydrazine groups is 1. The summed E-state index contributed by atoms with van der Waals surface area (Å²) in [6, 6.07) is 0. The van der Waals surface area contributed by atoms with Crippen LogP contribution >= 0.6 is 12.2 Å². The van der Waals surface area contributed by atoms with Gasteiger partial charge in [0, 0.05) is 25.4 Å². The highest BCUT2D eigenvalue weighted by atomic mass is 32.1. The Morgan fingerprint density at radius 3 is 2.73 bits per heavy atom. The summed E-state index contributed by atoms with van der Waals surface area (Å²) in [5, 5.41) is 12.5. The first-order chi connectivity index (χ1) is 12.6. The molecule has 7 heteroatoms. The van der Waals surface area contributed by atoms with E-state index in [0.29, 0.717) is 35.6 Å². The number of ether oxygens (including phenoxy) is 1. The zero-order valence-electron chi connectivity index (χ0n) is 15.7. The first-order valence-corrected chi connectivity index (χ1v) is 10.3. The lowest BCUT2D eigenvalue weighted by molar-refractivity contribution is -0.137. The lowest BCUT2D eigenvalue weighted by Gasteiger charge is -2.27. The van der Waals surface area contributed by atoms with Gasteiger partial charge in [-0.15, -0.1) is 0 Å². The van der Waals surface area contributed by atoms with Crippen LogP contribution in [-0.2, 0) is 9.53 Å². The van der Waals surface area contributed by atoms with E-state index in [-0.39, 0.29) is 6.42 Å². The summed E-state index contributed by atoms with van der Waals surface area (Å²) in [6.45, 7) is 3.90. The van der Waals surface area contributed by atoms with E-state index in [4.69, 9.17) is 22.1 Å². The standard InChI is InChI=1S/C19H33N3O3S/c1-2-3-12-20-19(26)22-21-13-15-14(16-10-11-17(15)25-16)8-6-4-5-7-9-18(23)24/h4,6,14-17,21H,2-3,5,7-13H2,1H3,(H,23,24)(H2,20,22,26)/t14-,15-,16-,17+/m1/s1. The van der Waals surface area contributed by atoms with E-state index in [9.17, 15) is 4.79 Å². The molecular formula is C19H33N3O3S. The number of carboxylic acid groups (broad SMARTS) is 1. The van der Waals surface area contributed by atoms with Crippen LogP contribution in [0.5, 0.6) is 0 Å². The van der Waals surface area contributed by atoms with Gasteiger partial charge in [-0.2, -0.15) is 0 Å². The normalized spacial score (nSPS) is 27.1. The van der Waals surface area contributed by atoms with Crippen molar-refractivity contribution < 1.29 is 14.6 Å². The molecule has 0 radical (unpaired) electrons. The van der Waals surface area contributed by atoms with Crippen molar-refractivity contribution in [3.05, 3.63) is 12.2 Å². The number of nitrogens with one attached hydrogen (secondary N) is 3. The summed E-state index contributed by atoms with van der Waals surface area (Å²) < 4.78 is 6.12. The molecule has 4 N–H and O–H groups in total. The van der Waals surface area contributed by atoms with Gasteiger partial charge < -0.3 is 15.2 Å². The minimum Gasteiger partial charge on any atom is -0.481 e. The molecule has 0 aromatic rings. The van der Waals surface area contributed by atoms with Crippen LogP contribution in [0.4, 0.5) is 0 Å². The summed E-state index contributed by atoms with van der Waals surface area (Å²) in [4.78, 5) is 10.5. The zero-order chi connectivity index (χ0) is 18.8. The van der Waals surface area contributed by atoms with Gasteiger partial charge in [0.05, 0.1) is 12.2 Å². The third-order valence-corrected chi connectivity index (χ3v) is 5.53. The molecule has 4 atom stereocenters. The molecule has 2 fully saturated rings. The second-order valence-electron chi connectivity index (χ2n) is 7.23. The molecule has 0 aromatic carbocycles. The molecule has 0 saturated carbocycles. The summed E-state index contributed by atoms with van der Waals surface area (Å²) in [5.74, 6) is 0.296. The topological polar surface area (TPSA) is 82.6 Å². The first kappa shape index (κ1) is 21.1. The molecule has 26 heavy (non-hydrogen) atoms. The van der Waals surface area contributed by atoms with Gasteiger partial charge in [0.1, 0.15) is 0 Å². The van der Waals surface area contributed by atoms with Crippen LogP contribution in [-0.4, -0.2) is 41.5 Å². The third kappa shape index (κ3) is 6.85. The van der Waals surface area contributed by atoms with E-state index in [1.807, 2.05) is 0 Å². The van der Waals surface area contributed by atoms with Crippen molar-refractivity contribution in [1.29, 1.82) is 0 Å². The van der Waals surface area contributed by atoms with Gasteiger partial charge in [0.2, 0.25) is 0 Å². The molecule has 2 aliphatic heterocycles. The number of unbranched alkanes of at least 4 members (excludes halogenated alkanes) is 2. The maximum atomic E-state index is 10.5. The maximum absolute atomic E-state index is 10.5. The number of hydrogen-bond donors (Lipinski definition) is 4. The molecule has 0 aromatic heterocycles. The fraction of sp³-hybridized carbons (Fsp3) is 0.789. The van der Waals surface area contributed by atoms with E-state index in [0.717, 1.165) is 51.6 Å². The van der Waals surface area contributed by atoms with Crippen molar-refractivity contribution in [3.8, 4) is 0 Å². The van der Waals surface area contributed by atoms with Crippen molar-refractivity contribution in [2.45, 2.75) is 70.5 Å². The average molecular weight is 384 g/mol. The number of hydrogen-bond acceptors (Lipinski definition) is 4. The van der Waals surface area contributed by atoms with E-state index >= 15 is 0 Å². The highest BCUT2D eigenvalue weighted by molar-refractivity contribution is 7.80. The molecule has 2 bridgehead atoms. The summed E-state index contributed by atoms with van der Waals surface area (Å²) in [7, 11) is 0. The number of aliphatic carboxylic acids is 1. The van der Waals surface area contributed by atoms with E-state index in [1.54, 1.807) is 0 Å². The molecule has 0 amide bonds. The molecule has 6 nitrogen and oxygen atoms in total. The monoisotopic (exact) mass is 383 g/mol. The fourth-order valence-electron chi connectivity index (χ4n) is 3.89. The van der Waals surface area contributed by atoms with Gasteiger partial charge in [-0.3, -0.25) is 10.2 Å². The maximum Gasteiger partial charge on any atom is 0.303 e. The number of rotatable bonds is 12. The largest absolute Gasteiger partial charge is 0.481 e. The molecule has 0 unspecified atom stereocenters. The number of carboxylic acids is 1. The van der Waals surface area contributed by atoms with Crippen LogP contribution in [0.25, 0.3) is 0 Å². The average Bonchev–Trinajstić information content (AvgIpc) is 3.20. The van der Waals surface area contributed by atoms with Gasteiger partial charge in [0.25, 0.3) is 0 Å². The van der Waals surface area contributed by atoms with Gasteiger partial charge in [0.15, 0.2) is 5.11 Å². The lowest BCUT2D eigenvalue weighted by atomic mass is 9.77. The second kappa shape index (κ2) is 11.5. The van der Waals surface area contributed by atoms with Crippen molar-refractivity contribution in [2.75, 3.05) is 13.1 Å². The predicted octanol–water partition coefficient (Wildman–Crippen LogP) is 2.75. The summed E-state index contributed by atoms with van der Waals surface area (Å²) in [5.41, 5.74) is 6.35. The number of thiocarbonyl (C=S) groups is 1.